The van der Waals surface area contributed by atoms with Crippen molar-refractivity contribution >= 4 is 22.1 Å². The summed E-state index contributed by atoms with van der Waals surface area (Å²) in [7, 11) is -0.790. The maximum absolute atomic E-state index is 10.8. The zero-order valence-electron chi connectivity index (χ0n) is 5.38. The van der Waals surface area contributed by atoms with Gasteiger partial charge in [0, 0.05) is 11.1 Å². The average Bonchev–Trinajstić information content (AvgIpc) is 2.14. The quantitative estimate of drug-likeness (QED) is 0.612. The maximum atomic E-state index is 10.8. The Morgan fingerprint density at radius 3 is 2.44 bits per heavy atom. The van der Waals surface area contributed by atoms with Crippen molar-refractivity contribution in [3.8, 4) is 0 Å². The van der Waals surface area contributed by atoms with Crippen LogP contribution in [0, 0.1) is 6.92 Å². The second kappa shape index (κ2) is 2.62. The summed E-state index contributed by atoms with van der Waals surface area (Å²) in [5.41, 5.74) is 0. The van der Waals surface area contributed by atoms with E-state index in [1.807, 2.05) is 19.1 Å². The summed E-state index contributed by atoms with van der Waals surface area (Å²) in [5.74, 6) is 0. The molecule has 0 spiro atoms. The van der Waals surface area contributed by atoms with Gasteiger partial charge in [0.1, 0.15) is 0 Å². The third-order valence-electron chi connectivity index (χ3n) is 0.999. The lowest BCUT2D eigenvalue weighted by molar-refractivity contribution is 0.688. The molecule has 0 aliphatic carbocycles. The van der Waals surface area contributed by atoms with Crippen LogP contribution in [-0.2, 0) is 10.8 Å². The molecule has 50 valence electrons. The lowest BCUT2D eigenvalue weighted by Gasteiger charge is -1.82. The van der Waals surface area contributed by atoms with E-state index in [0.717, 1.165) is 4.21 Å². The molecule has 0 aliphatic heterocycles. The number of hydrogen-bond acceptors (Lipinski definition) is 2. The molecular formula is C6H8OS2. The molecule has 1 rings (SSSR count). The van der Waals surface area contributed by atoms with E-state index < -0.39 is 10.8 Å². The van der Waals surface area contributed by atoms with Gasteiger partial charge in [-0.05, 0) is 19.1 Å². The van der Waals surface area contributed by atoms with E-state index in [9.17, 15) is 4.21 Å². The zero-order chi connectivity index (χ0) is 6.85. The van der Waals surface area contributed by atoms with Gasteiger partial charge in [-0.25, -0.2) is 0 Å². The molecule has 9 heavy (non-hydrogen) atoms. The number of rotatable bonds is 1. The first-order valence-electron chi connectivity index (χ1n) is 2.60. The summed E-state index contributed by atoms with van der Waals surface area (Å²) in [4.78, 5) is 1.22. The Morgan fingerprint density at radius 1 is 1.56 bits per heavy atom. The SMILES string of the molecule is Cc1ccc(S(C)=O)s1. The highest BCUT2D eigenvalue weighted by Crippen LogP contribution is 2.17. The molecule has 0 saturated carbocycles. The van der Waals surface area contributed by atoms with Gasteiger partial charge in [-0.15, -0.1) is 11.3 Å². The van der Waals surface area contributed by atoms with Gasteiger partial charge >= 0.3 is 0 Å². The van der Waals surface area contributed by atoms with E-state index in [1.165, 1.54) is 4.88 Å². The van der Waals surface area contributed by atoms with Crippen LogP contribution in [0.4, 0.5) is 0 Å². The van der Waals surface area contributed by atoms with Crippen LogP contribution in [0.3, 0.4) is 0 Å². The number of thiophene rings is 1. The van der Waals surface area contributed by atoms with Gasteiger partial charge in [0.25, 0.3) is 0 Å². The van der Waals surface area contributed by atoms with Crippen molar-refractivity contribution in [1.82, 2.24) is 0 Å². The molecule has 1 heterocycles. The van der Waals surface area contributed by atoms with Crippen molar-refractivity contribution in [1.29, 1.82) is 0 Å². The number of aryl methyl sites for hydroxylation is 1. The molecule has 1 unspecified atom stereocenters. The van der Waals surface area contributed by atoms with Gasteiger partial charge in [0.2, 0.25) is 0 Å². The lowest BCUT2D eigenvalue weighted by atomic mass is 10.5. The van der Waals surface area contributed by atoms with E-state index in [-0.39, 0.29) is 0 Å². The largest absolute Gasteiger partial charge is 0.254 e. The van der Waals surface area contributed by atoms with E-state index in [0.29, 0.717) is 0 Å². The lowest BCUT2D eigenvalue weighted by Crippen LogP contribution is -1.78. The molecule has 0 radical (unpaired) electrons. The molecule has 0 bridgehead atoms. The first-order chi connectivity index (χ1) is 4.20. The van der Waals surface area contributed by atoms with Crippen LogP contribution in [0.5, 0.6) is 0 Å². The molecule has 0 aromatic carbocycles. The fraction of sp³-hybridized carbons (Fsp3) is 0.333. The molecule has 0 aliphatic rings. The third kappa shape index (κ3) is 1.63. The van der Waals surface area contributed by atoms with Crippen LogP contribution in [0.2, 0.25) is 0 Å². The highest BCUT2D eigenvalue weighted by atomic mass is 32.2. The fourth-order valence-electron chi connectivity index (χ4n) is 0.567. The second-order valence-corrected chi connectivity index (χ2v) is 4.71. The normalized spacial score (nSPS) is 13.6. The van der Waals surface area contributed by atoms with Gasteiger partial charge in [0.05, 0.1) is 15.0 Å². The van der Waals surface area contributed by atoms with Gasteiger partial charge < -0.3 is 0 Å². The fourth-order valence-corrected chi connectivity index (χ4v) is 2.28. The van der Waals surface area contributed by atoms with Crippen molar-refractivity contribution in [3.63, 3.8) is 0 Å². The second-order valence-electron chi connectivity index (χ2n) is 1.82. The maximum Gasteiger partial charge on any atom is 0.0910 e. The predicted molar refractivity (Wildman–Crippen MR) is 41.4 cm³/mol. The van der Waals surface area contributed by atoms with Crippen LogP contribution >= 0.6 is 11.3 Å². The van der Waals surface area contributed by atoms with E-state index in [4.69, 9.17) is 0 Å². The average molecular weight is 160 g/mol. The molecule has 0 amide bonds. The Labute approximate surface area is 61.2 Å². The summed E-state index contributed by atoms with van der Waals surface area (Å²) in [6.45, 7) is 2.01. The van der Waals surface area contributed by atoms with E-state index in [2.05, 4.69) is 0 Å². The molecule has 1 aromatic heterocycles. The molecular weight excluding hydrogens is 152 g/mol. The van der Waals surface area contributed by atoms with Crippen LogP contribution < -0.4 is 0 Å². The van der Waals surface area contributed by atoms with Gasteiger partial charge in [-0.2, -0.15) is 0 Å². The van der Waals surface area contributed by atoms with Crippen molar-refractivity contribution in [2.75, 3.05) is 6.26 Å². The Morgan fingerprint density at radius 2 is 2.22 bits per heavy atom. The molecule has 3 heteroatoms. The highest BCUT2D eigenvalue weighted by molar-refractivity contribution is 7.86. The van der Waals surface area contributed by atoms with Crippen LogP contribution in [0.15, 0.2) is 16.3 Å². The molecule has 1 aromatic rings. The highest BCUT2D eigenvalue weighted by Gasteiger charge is 1.97. The minimum absolute atomic E-state index is 0.790. The Bertz CT molecular complexity index is 227. The molecule has 0 N–H and O–H groups in total. The Kier molecular flexibility index (Phi) is 2.03. The minimum Gasteiger partial charge on any atom is -0.254 e. The summed E-state index contributed by atoms with van der Waals surface area (Å²) in [6.07, 6.45) is 1.70. The Balaban J connectivity index is 2.98. The van der Waals surface area contributed by atoms with Crippen LogP contribution in [-0.4, -0.2) is 10.5 Å². The standard InChI is InChI=1S/C6H8OS2/c1-5-3-4-6(8-5)9(2)7/h3-4H,1-2H3. The van der Waals surface area contributed by atoms with Crippen LogP contribution in [0.1, 0.15) is 4.88 Å². The van der Waals surface area contributed by atoms with Gasteiger partial charge in [-0.1, -0.05) is 0 Å². The van der Waals surface area contributed by atoms with Crippen molar-refractivity contribution < 1.29 is 4.21 Å². The van der Waals surface area contributed by atoms with E-state index >= 15 is 0 Å². The smallest absolute Gasteiger partial charge is 0.0910 e. The van der Waals surface area contributed by atoms with E-state index in [1.54, 1.807) is 17.6 Å². The summed E-state index contributed by atoms with van der Waals surface area (Å²) in [5, 5.41) is 0. The molecule has 1 atom stereocenters. The topological polar surface area (TPSA) is 17.1 Å². The minimum atomic E-state index is -0.790. The summed E-state index contributed by atoms with van der Waals surface area (Å²) < 4.78 is 11.7. The summed E-state index contributed by atoms with van der Waals surface area (Å²) in [6, 6.07) is 3.90. The molecule has 1 nitrogen and oxygen atoms in total. The van der Waals surface area contributed by atoms with Crippen molar-refractivity contribution in [2.24, 2.45) is 0 Å². The monoisotopic (exact) mass is 160 g/mol. The van der Waals surface area contributed by atoms with Crippen LogP contribution in [0.25, 0.3) is 0 Å². The summed E-state index contributed by atoms with van der Waals surface area (Å²) >= 11 is 1.60. The van der Waals surface area contributed by atoms with Crippen molar-refractivity contribution in [3.05, 3.63) is 17.0 Å². The Hall–Kier alpha value is -0.150. The van der Waals surface area contributed by atoms with Gasteiger partial charge in [-0.3, -0.25) is 4.21 Å². The predicted octanol–water partition coefficient (Wildman–Crippen LogP) is 1.79. The third-order valence-corrected chi connectivity index (χ3v) is 3.45. The molecule has 0 fully saturated rings. The zero-order valence-corrected chi connectivity index (χ0v) is 7.01. The first kappa shape index (κ1) is 6.96. The molecule has 0 saturated heterocycles. The van der Waals surface area contributed by atoms with Gasteiger partial charge in [0.15, 0.2) is 0 Å². The van der Waals surface area contributed by atoms with Crippen molar-refractivity contribution in [2.45, 2.75) is 11.1 Å². The first-order valence-corrected chi connectivity index (χ1v) is 4.97. The number of hydrogen-bond donors (Lipinski definition) is 0.